The second kappa shape index (κ2) is 8.53. The highest BCUT2D eigenvalue weighted by atomic mass is 32.2. The number of aromatic nitrogens is 3. The Morgan fingerprint density at radius 3 is 2.70 bits per heavy atom. The molecule has 0 saturated carbocycles. The van der Waals surface area contributed by atoms with Crippen LogP contribution in [0.25, 0.3) is 21.9 Å². The number of thioether (sulfide) groups is 1. The number of imidazole rings is 1. The average Bonchev–Trinajstić information content (AvgIpc) is 3.12. The van der Waals surface area contributed by atoms with Gasteiger partial charge in [0.1, 0.15) is 11.3 Å². The van der Waals surface area contributed by atoms with E-state index in [4.69, 9.17) is 15.5 Å². The van der Waals surface area contributed by atoms with Crippen molar-refractivity contribution in [3.63, 3.8) is 0 Å². The molecule has 0 aliphatic heterocycles. The second-order valence-electron chi connectivity index (χ2n) is 7.58. The van der Waals surface area contributed by atoms with E-state index in [1.807, 2.05) is 24.5 Å². The van der Waals surface area contributed by atoms with Crippen molar-refractivity contribution in [2.45, 2.75) is 38.1 Å². The number of hydrogen-bond acceptors (Lipinski definition) is 6. The maximum Gasteiger partial charge on any atom is 0.169 e. The van der Waals surface area contributed by atoms with E-state index in [1.165, 1.54) is 5.56 Å². The second-order valence-corrected chi connectivity index (χ2v) is 8.35. The summed E-state index contributed by atoms with van der Waals surface area (Å²) in [4.78, 5) is 9.33. The molecule has 0 saturated heterocycles. The molecule has 30 heavy (non-hydrogen) atoms. The lowest BCUT2D eigenvalue weighted by atomic mass is 10.1. The first-order valence-corrected chi connectivity index (χ1v) is 11.2. The van der Waals surface area contributed by atoms with E-state index in [-0.39, 0.29) is 0 Å². The molecule has 2 heterocycles. The van der Waals surface area contributed by atoms with Crippen LogP contribution in [0.1, 0.15) is 25.0 Å². The SMILES string of the molecule is COc1cc(CNC(C)C)ccc1Cn1c(SC)nc2c(N)nc3ccccc3c21. The minimum absolute atomic E-state index is 0.435. The van der Waals surface area contributed by atoms with E-state index in [0.29, 0.717) is 18.4 Å². The van der Waals surface area contributed by atoms with Gasteiger partial charge in [-0.15, -0.1) is 0 Å². The highest BCUT2D eigenvalue weighted by Crippen LogP contribution is 2.33. The predicted octanol–water partition coefficient (Wildman–Crippen LogP) is 4.44. The highest BCUT2D eigenvalue weighted by molar-refractivity contribution is 7.98. The molecule has 0 fully saturated rings. The third-order valence-corrected chi connectivity index (χ3v) is 5.83. The van der Waals surface area contributed by atoms with Crippen LogP contribution in [0.5, 0.6) is 5.75 Å². The lowest BCUT2D eigenvalue weighted by molar-refractivity contribution is 0.407. The quantitative estimate of drug-likeness (QED) is 0.430. The van der Waals surface area contributed by atoms with Crippen molar-refractivity contribution in [1.82, 2.24) is 19.9 Å². The van der Waals surface area contributed by atoms with Gasteiger partial charge in [-0.1, -0.05) is 55.9 Å². The van der Waals surface area contributed by atoms with Gasteiger partial charge in [-0.3, -0.25) is 0 Å². The average molecular weight is 422 g/mol. The Hall–Kier alpha value is -2.77. The number of benzene rings is 2. The van der Waals surface area contributed by atoms with Gasteiger partial charge in [-0.05, 0) is 24.0 Å². The summed E-state index contributed by atoms with van der Waals surface area (Å²) in [6.07, 6.45) is 2.03. The first-order valence-electron chi connectivity index (χ1n) is 9.99. The predicted molar refractivity (Wildman–Crippen MR) is 125 cm³/mol. The number of para-hydroxylation sites is 1. The van der Waals surface area contributed by atoms with Crippen molar-refractivity contribution in [2.75, 3.05) is 19.1 Å². The van der Waals surface area contributed by atoms with E-state index in [0.717, 1.165) is 45.0 Å². The molecule has 156 valence electrons. The van der Waals surface area contributed by atoms with Crippen molar-refractivity contribution >= 4 is 39.5 Å². The summed E-state index contributed by atoms with van der Waals surface area (Å²) in [6.45, 7) is 5.74. The minimum atomic E-state index is 0.435. The molecule has 0 amide bonds. The van der Waals surface area contributed by atoms with Gasteiger partial charge in [-0.2, -0.15) is 0 Å². The van der Waals surface area contributed by atoms with E-state index >= 15 is 0 Å². The summed E-state index contributed by atoms with van der Waals surface area (Å²) >= 11 is 1.60. The Morgan fingerprint density at radius 1 is 1.17 bits per heavy atom. The maximum absolute atomic E-state index is 6.26. The molecular weight excluding hydrogens is 394 g/mol. The third-order valence-electron chi connectivity index (χ3n) is 5.15. The molecule has 4 rings (SSSR count). The van der Waals surface area contributed by atoms with E-state index in [2.05, 4.69) is 53.0 Å². The van der Waals surface area contributed by atoms with E-state index < -0.39 is 0 Å². The summed E-state index contributed by atoms with van der Waals surface area (Å²) in [5, 5.41) is 5.40. The van der Waals surface area contributed by atoms with Crippen molar-refractivity contribution in [2.24, 2.45) is 0 Å². The summed E-state index contributed by atoms with van der Waals surface area (Å²) in [5.74, 6) is 1.33. The molecule has 2 aromatic heterocycles. The largest absolute Gasteiger partial charge is 0.496 e. The standard InChI is InChI=1S/C23H27N5OS/c1-14(2)25-12-15-9-10-16(19(11-15)29-3)13-28-21-17-7-5-6-8-18(17)26-22(24)20(21)27-23(28)30-4/h5-11,14,25H,12-13H2,1-4H3,(H2,24,26). The number of rotatable bonds is 7. The summed E-state index contributed by atoms with van der Waals surface area (Å²) in [7, 11) is 1.72. The van der Waals surface area contributed by atoms with Gasteiger partial charge in [0.15, 0.2) is 11.0 Å². The number of nitrogens with two attached hydrogens (primary N) is 1. The summed E-state index contributed by atoms with van der Waals surface area (Å²) in [6, 6.07) is 14.9. The number of hydrogen-bond donors (Lipinski definition) is 2. The zero-order valence-corrected chi connectivity index (χ0v) is 18.6. The molecule has 0 radical (unpaired) electrons. The molecule has 0 bridgehead atoms. The Balaban J connectivity index is 1.82. The normalized spacial score (nSPS) is 11.6. The smallest absolute Gasteiger partial charge is 0.169 e. The van der Waals surface area contributed by atoms with Crippen LogP contribution >= 0.6 is 11.8 Å². The Morgan fingerprint density at radius 2 is 1.97 bits per heavy atom. The number of ether oxygens (including phenoxy) is 1. The maximum atomic E-state index is 6.26. The molecule has 2 aromatic carbocycles. The van der Waals surface area contributed by atoms with Gasteiger partial charge in [0.05, 0.1) is 24.7 Å². The van der Waals surface area contributed by atoms with Gasteiger partial charge in [0.2, 0.25) is 0 Å². The first kappa shape index (κ1) is 20.5. The van der Waals surface area contributed by atoms with Crippen LogP contribution in [0.2, 0.25) is 0 Å². The first-order chi connectivity index (χ1) is 14.5. The number of nitrogen functional groups attached to an aromatic ring is 1. The monoisotopic (exact) mass is 421 g/mol. The van der Waals surface area contributed by atoms with E-state index in [1.54, 1.807) is 18.9 Å². The number of pyridine rings is 1. The number of fused-ring (bicyclic) bond motifs is 3. The molecule has 6 nitrogen and oxygen atoms in total. The molecule has 4 aromatic rings. The van der Waals surface area contributed by atoms with Crippen LogP contribution < -0.4 is 15.8 Å². The van der Waals surface area contributed by atoms with Crippen LogP contribution in [-0.4, -0.2) is 33.9 Å². The summed E-state index contributed by atoms with van der Waals surface area (Å²) < 4.78 is 7.95. The van der Waals surface area contributed by atoms with Crippen LogP contribution in [0.15, 0.2) is 47.6 Å². The van der Waals surface area contributed by atoms with Crippen molar-refractivity contribution in [3.05, 3.63) is 53.6 Å². The molecule has 0 spiro atoms. The Labute approximate surface area is 180 Å². The fourth-order valence-corrected chi connectivity index (χ4v) is 4.22. The van der Waals surface area contributed by atoms with Gasteiger partial charge < -0.3 is 20.4 Å². The zero-order valence-electron chi connectivity index (χ0n) is 17.8. The molecule has 0 aliphatic rings. The lowest BCUT2D eigenvalue weighted by Crippen LogP contribution is -2.21. The fourth-order valence-electron chi connectivity index (χ4n) is 3.66. The molecular formula is C23H27N5OS. The lowest BCUT2D eigenvalue weighted by Gasteiger charge is -2.15. The van der Waals surface area contributed by atoms with Crippen molar-refractivity contribution in [1.29, 1.82) is 0 Å². The van der Waals surface area contributed by atoms with Gasteiger partial charge >= 0.3 is 0 Å². The molecule has 3 N–H and O–H groups in total. The minimum Gasteiger partial charge on any atom is -0.496 e. The topological polar surface area (TPSA) is 78.0 Å². The number of nitrogens with zero attached hydrogens (tertiary/aromatic N) is 3. The third kappa shape index (κ3) is 3.82. The van der Waals surface area contributed by atoms with Gasteiger partial charge in [0, 0.05) is 23.5 Å². The Bertz CT molecular complexity index is 1200. The van der Waals surface area contributed by atoms with E-state index in [9.17, 15) is 0 Å². The highest BCUT2D eigenvalue weighted by Gasteiger charge is 2.18. The Kier molecular flexibility index (Phi) is 5.83. The molecule has 0 unspecified atom stereocenters. The number of methoxy groups -OCH3 is 1. The molecule has 0 aliphatic carbocycles. The van der Waals surface area contributed by atoms with Gasteiger partial charge in [0.25, 0.3) is 0 Å². The van der Waals surface area contributed by atoms with Crippen LogP contribution in [0.4, 0.5) is 5.82 Å². The van der Waals surface area contributed by atoms with Gasteiger partial charge in [-0.25, -0.2) is 9.97 Å². The number of nitrogens with one attached hydrogen (secondary N) is 1. The van der Waals surface area contributed by atoms with Crippen LogP contribution in [0.3, 0.4) is 0 Å². The van der Waals surface area contributed by atoms with Crippen molar-refractivity contribution < 1.29 is 4.74 Å². The number of anilines is 1. The molecule has 0 atom stereocenters. The fraction of sp³-hybridized carbons (Fsp3) is 0.304. The zero-order chi connectivity index (χ0) is 21.3. The van der Waals surface area contributed by atoms with Crippen LogP contribution in [-0.2, 0) is 13.1 Å². The van der Waals surface area contributed by atoms with Crippen molar-refractivity contribution in [3.8, 4) is 5.75 Å². The molecule has 7 heteroatoms. The van der Waals surface area contributed by atoms with Crippen LogP contribution in [0, 0.1) is 0 Å². The summed E-state index contributed by atoms with van der Waals surface area (Å²) in [5.41, 5.74) is 11.2.